The molecule has 3 aromatic rings. The van der Waals surface area contributed by atoms with Gasteiger partial charge in [0.1, 0.15) is 5.75 Å². The summed E-state index contributed by atoms with van der Waals surface area (Å²) in [7, 11) is 0. The summed E-state index contributed by atoms with van der Waals surface area (Å²) in [6, 6.07) is 11.5. The minimum absolute atomic E-state index is 0.0994. The molecule has 2 heterocycles. The number of hydrogen-bond donors (Lipinski definition) is 2. The van der Waals surface area contributed by atoms with Gasteiger partial charge in [0.2, 0.25) is 0 Å². The molecule has 1 aromatic heterocycles. The number of anilines is 2. The summed E-state index contributed by atoms with van der Waals surface area (Å²) in [5.74, 6) is 0.975. The number of nitrogens with zero attached hydrogens (tertiary/aromatic N) is 2. The van der Waals surface area contributed by atoms with Crippen LogP contribution in [-0.4, -0.2) is 35.7 Å². The summed E-state index contributed by atoms with van der Waals surface area (Å²) in [6.07, 6.45) is 3.92. The maximum absolute atomic E-state index is 12.4. The molecule has 1 aliphatic heterocycles. The molecule has 2 aromatic carbocycles. The minimum atomic E-state index is -0.395. The monoisotopic (exact) mass is 364 g/mol. The second-order valence-electron chi connectivity index (χ2n) is 6.48. The lowest BCUT2D eigenvalue weighted by atomic mass is 10.1. The minimum Gasteiger partial charge on any atom is -0.493 e. The molecule has 1 atom stereocenters. The number of nitrogen functional groups attached to an aromatic ring is 1. The van der Waals surface area contributed by atoms with Crippen molar-refractivity contribution < 1.29 is 14.3 Å². The van der Waals surface area contributed by atoms with Gasteiger partial charge in [0.05, 0.1) is 13.2 Å². The van der Waals surface area contributed by atoms with E-state index in [-0.39, 0.29) is 11.5 Å². The molecular weight excluding hydrogens is 344 g/mol. The number of benzene rings is 2. The Kier molecular flexibility index (Phi) is 4.84. The summed E-state index contributed by atoms with van der Waals surface area (Å²) in [5, 5.41) is 4.77. The third-order valence-corrected chi connectivity index (χ3v) is 4.54. The fourth-order valence-corrected chi connectivity index (χ4v) is 3.09. The average molecular weight is 364 g/mol. The van der Waals surface area contributed by atoms with Crippen LogP contribution >= 0.6 is 0 Å². The highest BCUT2D eigenvalue weighted by Crippen LogP contribution is 2.29. The summed E-state index contributed by atoms with van der Waals surface area (Å²) in [5.41, 5.74) is 6.47. The highest BCUT2D eigenvalue weighted by molar-refractivity contribution is 6.06. The molecule has 0 bridgehead atoms. The number of hydrogen-bond acceptors (Lipinski definition) is 6. The zero-order valence-corrected chi connectivity index (χ0v) is 14.7. The molecule has 0 saturated carbocycles. The number of ether oxygens (including phenoxy) is 2. The van der Waals surface area contributed by atoms with Gasteiger partial charge in [0.25, 0.3) is 5.91 Å². The van der Waals surface area contributed by atoms with Gasteiger partial charge in [-0.2, -0.15) is 0 Å². The average Bonchev–Trinajstić information content (AvgIpc) is 3.20. The summed E-state index contributed by atoms with van der Waals surface area (Å²) in [4.78, 5) is 20.2. The first-order chi connectivity index (χ1) is 13.2. The molecule has 0 radical (unpaired) electrons. The SMILES string of the molecule is Nc1nccnc1C(=O)Nc1ccc2c(OCC3CCOC3)cccc2c1. The first-order valence-electron chi connectivity index (χ1n) is 8.82. The molecule has 0 spiro atoms. The molecule has 7 nitrogen and oxygen atoms in total. The Balaban J connectivity index is 1.52. The first kappa shape index (κ1) is 17.2. The van der Waals surface area contributed by atoms with Crippen molar-refractivity contribution in [3.63, 3.8) is 0 Å². The van der Waals surface area contributed by atoms with Crippen LogP contribution in [0.15, 0.2) is 48.8 Å². The van der Waals surface area contributed by atoms with Gasteiger partial charge in [-0.15, -0.1) is 0 Å². The van der Waals surface area contributed by atoms with E-state index in [1.807, 2.05) is 36.4 Å². The zero-order chi connectivity index (χ0) is 18.6. The normalized spacial score (nSPS) is 16.4. The van der Waals surface area contributed by atoms with Crippen molar-refractivity contribution in [1.82, 2.24) is 9.97 Å². The Labute approximate surface area is 156 Å². The fraction of sp³-hybridized carbons (Fsp3) is 0.250. The summed E-state index contributed by atoms with van der Waals surface area (Å²) in [6.45, 7) is 2.21. The number of amides is 1. The van der Waals surface area contributed by atoms with Gasteiger partial charge in [-0.3, -0.25) is 4.79 Å². The van der Waals surface area contributed by atoms with E-state index in [0.29, 0.717) is 18.2 Å². The number of rotatable bonds is 5. The smallest absolute Gasteiger partial charge is 0.278 e. The Morgan fingerprint density at radius 3 is 2.96 bits per heavy atom. The molecule has 1 unspecified atom stereocenters. The highest BCUT2D eigenvalue weighted by atomic mass is 16.5. The molecule has 3 N–H and O–H groups in total. The molecule has 1 fully saturated rings. The van der Waals surface area contributed by atoms with Crippen LogP contribution in [0.2, 0.25) is 0 Å². The molecule has 0 aliphatic carbocycles. The fourth-order valence-electron chi connectivity index (χ4n) is 3.09. The molecule has 1 saturated heterocycles. The van der Waals surface area contributed by atoms with E-state index in [9.17, 15) is 4.79 Å². The van der Waals surface area contributed by atoms with Crippen LogP contribution in [0.25, 0.3) is 10.8 Å². The maximum atomic E-state index is 12.4. The Morgan fingerprint density at radius 2 is 2.15 bits per heavy atom. The van der Waals surface area contributed by atoms with Gasteiger partial charge < -0.3 is 20.5 Å². The van der Waals surface area contributed by atoms with Crippen molar-refractivity contribution in [3.05, 3.63) is 54.5 Å². The van der Waals surface area contributed by atoms with Crippen molar-refractivity contribution in [1.29, 1.82) is 0 Å². The number of carbonyl (C=O) groups excluding carboxylic acids is 1. The first-order valence-corrected chi connectivity index (χ1v) is 8.82. The van der Waals surface area contributed by atoms with Crippen molar-refractivity contribution >= 4 is 28.2 Å². The van der Waals surface area contributed by atoms with Gasteiger partial charge in [-0.25, -0.2) is 9.97 Å². The molecular formula is C20H20N4O3. The van der Waals surface area contributed by atoms with Crippen LogP contribution in [0.1, 0.15) is 16.9 Å². The van der Waals surface area contributed by atoms with Gasteiger partial charge in [0, 0.05) is 36.0 Å². The Bertz CT molecular complexity index is 970. The number of nitrogens with one attached hydrogen (secondary N) is 1. The molecule has 27 heavy (non-hydrogen) atoms. The quantitative estimate of drug-likeness (QED) is 0.722. The van der Waals surface area contributed by atoms with E-state index in [1.54, 1.807) is 0 Å². The number of nitrogens with two attached hydrogens (primary N) is 1. The zero-order valence-electron chi connectivity index (χ0n) is 14.7. The number of aromatic nitrogens is 2. The van der Waals surface area contributed by atoms with Crippen molar-refractivity contribution in [2.45, 2.75) is 6.42 Å². The molecule has 1 amide bonds. The van der Waals surface area contributed by atoms with E-state index in [4.69, 9.17) is 15.2 Å². The van der Waals surface area contributed by atoms with Crippen LogP contribution in [0.5, 0.6) is 5.75 Å². The lowest BCUT2D eigenvalue weighted by Crippen LogP contribution is -2.16. The van der Waals surface area contributed by atoms with Crippen LogP contribution in [-0.2, 0) is 4.74 Å². The van der Waals surface area contributed by atoms with Gasteiger partial charge in [-0.05, 0) is 36.1 Å². The lowest BCUT2D eigenvalue weighted by molar-refractivity contribution is 0.102. The van der Waals surface area contributed by atoms with Crippen molar-refractivity contribution in [3.8, 4) is 5.75 Å². The Morgan fingerprint density at radius 1 is 1.26 bits per heavy atom. The van der Waals surface area contributed by atoms with Crippen LogP contribution in [0.4, 0.5) is 11.5 Å². The molecule has 7 heteroatoms. The van der Waals surface area contributed by atoms with E-state index < -0.39 is 5.91 Å². The highest BCUT2D eigenvalue weighted by Gasteiger charge is 2.17. The molecule has 4 rings (SSSR count). The predicted molar refractivity (Wildman–Crippen MR) is 103 cm³/mol. The number of carbonyl (C=O) groups is 1. The van der Waals surface area contributed by atoms with Crippen LogP contribution in [0.3, 0.4) is 0 Å². The second-order valence-corrected chi connectivity index (χ2v) is 6.48. The van der Waals surface area contributed by atoms with E-state index >= 15 is 0 Å². The molecule has 1 aliphatic rings. The topological polar surface area (TPSA) is 99.4 Å². The van der Waals surface area contributed by atoms with Crippen LogP contribution in [0, 0.1) is 5.92 Å². The van der Waals surface area contributed by atoms with Crippen molar-refractivity contribution in [2.75, 3.05) is 30.9 Å². The predicted octanol–water partition coefficient (Wildman–Crippen LogP) is 2.88. The maximum Gasteiger partial charge on any atom is 0.278 e. The van der Waals surface area contributed by atoms with E-state index in [2.05, 4.69) is 15.3 Å². The number of fused-ring (bicyclic) bond motifs is 1. The Hall–Kier alpha value is -3.19. The van der Waals surface area contributed by atoms with Gasteiger partial charge in [0.15, 0.2) is 11.5 Å². The largest absolute Gasteiger partial charge is 0.493 e. The van der Waals surface area contributed by atoms with Crippen molar-refractivity contribution in [2.24, 2.45) is 5.92 Å². The van der Waals surface area contributed by atoms with Gasteiger partial charge >= 0.3 is 0 Å². The van der Waals surface area contributed by atoms with E-state index in [1.165, 1.54) is 12.4 Å². The molecule has 138 valence electrons. The second kappa shape index (κ2) is 7.59. The third-order valence-electron chi connectivity index (χ3n) is 4.54. The van der Waals surface area contributed by atoms with Crippen LogP contribution < -0.4 is 15.8 Å². The summed E-state index contributed by atoms with van der Waals surface area (Å²) >= 11 is 0. The summed E-state index contributed by atoms with van der Waals surface area (Å²) < 4.78 is 11.4. The third kappa shape index (κ3) is 3.83. The van der Waals surface area contributed by atoms with Gasteiger partial charge in [-0.1, -0.05) is 12.1 Å². The van der Waals surface area contributed by atoms with E-state index in [0.717, 1.165) is 36.2 Å². The standard InChI is InChI=1S/C20H20N4O3/c21-19-18(22-7-8-23-19)20(25)24-15-4-5-16-14(10-15)2-1-3-17(16)27-12-13-6-9-26-11-13/h1-5,7-8,10,13H,6,9,11-12H2,(H2,21,23)(H,24,25). The lowest BCUT2D eigenvalue weighted by Gasteiger charge is -2.13.